The van der Waals surface area contributed by atoms with Gasteiger partial charge in [-0.2, -0.15) is 0 Å². The molecule has 1 rings (SSSR count). The standard InChI is InChI=1S/C16H32N4O2S/c1-3-17-16(18-12-8-13-20-23(21,22)4-2)19-14-11-15-9-6-5-7-10-15/h9,20H,3-8,10-14H2,1-2H3,(H2,17,18,19). The van der Waals surface area contributed by atoms with Crippen LogP contribution in [0, 0.1) is 0 Å². The highest BCUT2D eigenvalue weighted by molar-refractivity contribution is 7.89. The van der Waals surface area contributed by atoms with E-state index in [0.717, 1.165) is 25.5 Å². The van der Waals surface area contributed by atoms with Crippen molar-refractivity contribution in [2.75, 3.05) is 31.9 Å². The maximum atomic E-state index is 11.3. The summed E-state index contributed by atoms with van der Waals surface area (Å²) < 4.78 is 25.2. The predicted octanol–water partition coefficient (Wildman–Crippen LogP) is 1.76. The van der Waals surface area contributed by atoms with Crippen LogP contribution in [0.3, 0.4) is 0 Å². The molecule has 0 aromatic carbocycles. The molecule has 0 aromatic heterocycles. The van der Waals surface area contributed by atoms with E-state index in [1.807, 2.05) is 6.92 Å². The molecule has 7 heteroatoms. The number of hydrogen-bond donors (Lipinski definition) is 3. The summed E-state index contributed by atoms with van der Waals surface area (Å²) in [6, 6.07) is 0. The van der Waals surface area contributed by atoms with Crippen molar-refractivity contribution in [1.29, 1.82) is 0 Å². The van der Waals surface area contributed by atoms with Crippen molar-refractivity contribution in [3.05, 3.63) is 11.6 Å². The van der Waals surface area contributed by atoms with Crippen molar-refractivity contribution in [3.8, 4) is 0 Å². The number of nitrogens with zero attached hydrogens (tertiary/aromatic N) is 1. The Morgan fingerprint density at radius 2 is 2.04 bits per heavy atom. The fourth-order valence-corrected chi connectivity index (χ4v) is 3.07. The topological polar surface area (TPSA) is 82.6 Å². The third-order valence-corrected chi connectivity index (χ3v) is 5.18. The summed E-state index contributed by atoms with van der Waals surface area (Å²) in [7, 11) is -3.09. The number of allylic oxidation sites excluding steroid dienone is 1. The van der Waals surface area contributed by atoms with Gasteiger partial charge in [0, 0.05) is 26.2 Å². The van der Waals surface area contributed by atoms with Gasteiger partial charge in [-0.1, -0.05) is 11.6 Å². The lowest BCUT2D eigenvalue weighted by Gasteiger charge is -2.15. The lowest BCUT2D eigenvalue weighted by Crippen LogP contribution is -2.38. The summed E-state index contributed by atoms with van der Waals surface area (Å²) in [5, 5.41) is 6.57. The van der Waals surface area contributed by atoms with Gasteiger partial charge in [-0.15, -0.1) is 0 Å². The molecule has 0 bridgehead atoms. The summed E-state index contributed by atoms with van der Waals surface area (Å²) in [6.45, 7) is 6.42. The van der Waals surface area contributed by atoms with E-state index in [-0.39, 0.29) is 5.75 Å². The molecular formula is C16H32N4O2S. The van der Waals surface area contributed by atoms with Crippen LogP contribution in [-0.2, 0) is 10.0 Å². The van der Waals surface area contributed by atoms with Gasteiger partial charge in [0.05, 0.1) is 5.75 Å². The molecule has 6 nitrogen and oxygen atoms in total. The van der Waals surface area contributed by atoms with Crippen LogP contribution >= 0.6 is 0 Å². The first-order chi connectivity index (χ1) is 11.1. The zero-order valence-electron chi connectivity index (χ0n) is 14.5. The number of rotatable bonds is 10. The Labute approximate surface area is 141 Å². The Hall–Kier alpha value is -1.08. The van der Waals surface area contributed by atoms with Crippen LogP contribution in [0.5, 0.6) is 0 Å². The molecule has 23 heavy (non-hydrogen) atoms. The molecule has 0 aromatic rings. The Morgan fingerprint density at radius 3 is 2.70 bits per heavy atom. The second-order valence-corrected chi connectivity index (χ2v) is 7.79. The van der Waals surface area contributed by atoms with Crippen LogP contribution in [0.1, 0.15) is 52.4 Å². The molecule has 0 spiro atoms. The summed E-state index contributed by atoms with van der Waals surface area (Å²) >= 11 is 0. The van der Waals surface area contributed by atoms with E-state index in [9.17, 15) is 8.42 Å². The maximum absolute atomic E-state index is 11.3. The van der Waals surface area contributed by atoms with Crippen LogP contribution in [0.25, 0.3) is 0 Å². The van der Waals surface area contributed by atoms with E-state index in [1.54, 1.807) is 12.5 Å². The zero-order valence-corrected chi connectivity index (χ0v) is 15.3. The molecular weight excluding hydrogens is 312 g/mol. The Bertz CT molecular complexity index is 486. The molecule has 3 N–H and O–H groups in total. The third kappa shape index (κ3) is 9.61. The van der Waals surface area contributed by atoms with Gasteiger partial charge in [0.2, 0.25) is 10.0 Å². The summed E-state index contributed by atoms with van der Waals surface area (Å²) in [5.41, 5.74) is 1.55. The minimum atomic E-state index is -3.09. The van der Waals surface area contributed by atoms with Gasteiger partial charge in [-0.3, -0.25) is 4.99 Å². The van der Waals surface area contributed by atoms with Gasteiger partial charge in [0.25, 0.3) is 0 Å². The molecule has 134 valence electrons. The number of nitrogens with one attached hydrogen (secondary N) is 3. The summed E-state index contributed by atoms with van der Waals surface area (Å²) in [6.07, 6.45) is 9.22. The van der Waals surface area contributed by atoms with Gasteiger partial charge < -0.3 is 10.6 Å². The molecule has 0 saturated carbocycles. The third-order valence-electron chi connectivity index (χ3n) is 3.77. The second kappa shape index (κ2) is 11.5. The molecule has 0 heterocycles. The number of hydrogen-bond acceptors (Lipinski definition) is 3. The van der Waals surface area contributed by atoms with Gasteiger partial charge in [0.1, 0.15) is 0 Å². The molecule has 0 fully saturated rings. The first-order valence-electron chi connectivity index (χ1n) is 8.74. The number of aliphatic imine (C=N–C) groups is 1. The lowest BCUT2D eigenvalue weighted by molar-refractivity contribution is 0.581. The molecule has 1 aliphatic carbocycles. The van der Waals surface area contributed by atoms with E-state index >= 15 is 0 Å². The normalized spacial score (nSPS) is 16.1. The molecule has 0 amide bonds. The Balaban J connectivity index is 2.25. The van der Waals surface area contributed by atoms with Crippen molar-refractivity contribution in [2.24, 2.45) is 4.99 Å². The van der Waals surface area contributed by atoms with Gasteiger partial charge in [-0.05, 0) is 52.4 Å². The second-order valence-electron chi connectivity index (χ2n) is 5.70. The number of guanidine groups is 1. The van der Waals surface area contributed by atoms with Crippen LogP contribution in [-0.4, -0.2) is 46.3 Å². The van der Waals surface area contributed by atoms with Crippen LogP contribution in [0.2, 0.25) is 0 Å². The quantitative estimate of drug-likeness (QED) is 0.244. The van der Waals surface area contributed by atoms with Crippen molar-refractivity contribution in [1.82, 2.24) is 15.4 Å². The average molecular weight is 345 g/mol. The van der Waals surface area contributed by atoms with Gasteiger partial charge in [0.15, 0.2) is 5.96 Å². The zero-order chi connectivity index (χ0) is 17.0. The largest absolute Gasteiger partial charge is 0.357 e. The minimum Gasteiger partial charge on any atom is -0.357 e. The van der Waals surface area contributed by atoms with E-state index in [4.69, 9.17) is 0 Å². The molecule has 0 aliphatic heterocycles. The minimum absolute atomic E-state index is 0.121. The highest BCUT2D eigenvalue weighted by Gasteiger charge is 2.05. The van der Waals surface area contributed by atoms with Gasteiger partial charge in [-0.25, -0.2) is 13.1 Å². The van der Waals surface area contributed by atoms with Crippen molar-refractivity contribution < 1.29 is 8.42 Å². The molecule has 0 atom stereocenters. The fraction of sp³-hybridized carbons (Fsp3) is 0.812. The molecule has 1 aliphatic rings. The predicted molar refractivity (Wildman–Crippen MR) is 97.2 cm³/mol. The van der Waals surface area contributed by atoms with E-state index in [1.165, 1.54) is 25.7 Å². The first kappa shape index (κ1) is 20.0. The monoisotopic (exact) mass is 344 g/mol. The van der Waals surface area contributed by atoms with E-state index < -0.39 is 10.0 Å². The molecule has 0 radical (unpaired) electrons. The molecule has 0 saturated heterocycles. The van der Waals surface area contributed by atoms with Crippen LogP contribution in [0.4, 0.5) is 0 Å². The fourth-order valence-electron chi connectivity index (χ4n) is 2.41. The van der Waals surface area contributed by atoms with Crippen molar-refractivity contribution in [3.63, 3.8) is 0 Å². The van der Waals surface area contributed by atoms with Crippen molar-refractivity contribution in [2.45, 2.75) is 52.4 Å². The lowest BCUT2D eigenvalue weighted by atomic mass is 9.97. The Kier molecular flexibility index (Phi) is 9.94. The van der Waals surface area contributed by atoms with Gasteiger partial charge >= 0.3 is 0 Å². The summed E-state index contributed by atoms with van der Waals surface area (Å²) in [4.78, 5) is 4.48. The number of sulfonamides is 1. The van der Waals surface area contributed by atoms with E-state index in [2.05, 4.69) is 26.4 Å². The highest BCUT2D eigenvalue weighted by atomic mass is 32.2. The average Bonchev–Trinajstić information content (AvgIpc) is 2.55. The van der Waals surface area contributed by atoms with Crippen LogP contribution in [0.15, 0.2) is 16.6 Å². The highest BCUT2D eigenvalue weighted by Crippen LogP contribution is 2.19. The summed E-state index contributed by atoms with van der Waals surface area (Å²) in [5.74, 6) is 0.929. The van der Waals surface area contributed by atoms with Crippen molar-refractivity contribution >= 4 is 16.0 Å². The van der Waals surface area contributed by atoms with Crippen LogP contribution < -0.4 is 15.4 Å². The SMILES string of the molecule is CCNC(=NCCCNS(=O)(=O)CC)NCCC1=CCCCC1. The first-order valence-corrected chi connectivity index (χ1v) is 10.4. The maximum Gasteiger partial charge on any atom is 0.211 e. The molecule has 0 unspecified atom stereocenters. The Morgan fingerprint density at radius 1 is 1.22 bits per heavy atom. The van der Waals surface area contributed by atoms with E-state index in [0.29, 0.717) is 19.5 Å². The smallest absolute Gasteiger partial charge is 0.211 e.